The number of thioether (sulfide) groups is 1. The fourth-order valence-electron chi connectivity index (χ4n) is 1.81. The Bertz CT molecular complexity index is 757. The number of rotatable bonds is 5. The average Bonchev–Trinajstić information content (AvgIpc) is 2.75. The number of nitro benzene ring substituents is 1. The Morgan fingerprint density at radius 3 is 2.74 bits per heavy atom. The van der Waals surface area contributed by atoms with E-state index in [0.717, 1.165) is 16.7 Å². The molecule has 7 nitrogen and oxygen atoms in total. The summed E-state index contributed by atoms with van der Waals surface area (Å²) in [5, 5.41) is 21.5. The number of hydrogen-bond acceptors (Lipinski definition) is 7. The van der Waals surface area contributed by atoms with Gasteiger partial charge in [-0.15, -0.1) is 0 Å². The SMILES string of the molecule is O=C([O-])CN1C(=O)/C(=C\C=C\c2ccccc2[N+](=O)[O-])SC1=S. The lowest BCUT2D eigenvalue weighted by Gasteiger charge is -2.14. The van der Waals surface area contributed by atoms with Crippen molar-refractivity contribution in [1.82, 2.24) is 4.90 Å². The first-order valence-electron chi connectivity index (χ1n) is 6.25. The Kier molecular flexibility index (Phi) is 5.24. The van der Waals surface area contributed by atoms with Crippen molar-refractivity contribution in [3.63, 3.8) is 0 Å². The van der Waals surface area contributed by atoms with Crippen LogP contribution in [0.5, 0.6) is 0 Å². The van der Waals surface area contributed by atoms with Crippen LogP contribution in [0.25, 0.3) is 6.08 Å². The topological polar surface area (TPSA) is 104 Å². The molecule has 0 spiro atoms. The van der Waals surface area contributed by atoms with Crippen LogP contribution in [0.3, 0.4) is 0 Å². The Morgan fingerprint density at radius 1 is 1.39 bits per heavy atom. The number of aliphatic carboxylic acids is 1. The maximum Gasteiger partial charge on any atom is 0.276 e. The zero-order chi connectivity index (χ0) is 17.0. The molecule has 1 aliphatic heterocycles. The second-order valence-corrected chi connectivity index (χ2v) is 6.01. The number of carbonyl (C=O) groups excluding carboxylic acids is 2. The summed E-state index contributed by atoms with van der Waals surface area (Å²) in [4.78, 5) is 34.1. The number of amides is 1. The number of nitro groups is 1. The van der Waals surface area contributed by atoms with Crippen LogP contribution in [-0.4, -0.2) is 32.6 Å². The molecule has 0 aromatic heterocycles. The quantitative estimate of drug-likeness (QED) is 0.339. The minimum Gasteiger partial charge on any atom is -0.548 e. The Hall–Kier alpha value is -2.52. The van der Waals surface area contributed by atoms with Crippen molar-refractivity contribution in [2.75, 3.05) is 6.54 Å². The van der Waals surface area contributed by atoms with Gasteiger partial charge < -0.3 is 9.90 Å². The van der Waals surface area contributed by atoms with Gasteiger partial charge in [-0.05, 0) is 18.2 Å². The minimum absolute atomic E-state index is 0.0540. The second kappa shape index (κ2) is 7.16. The molecule has 1 fully saturated rings. The van der Waals surface area contributed by atoms with Gasteiger partial charge in [0, 0.05) is 6.07 Å². The van der Waals surface area contributed by atoms with Crippen LogP contribution in [0.4, 0.5) is 5.69 Å². The van der Waals surface area contributed by atoms with Gasteiger partial charge >= 0.3 is 0 Å². The molecule has 1 aromatic carbocycles. The molecule has 0 radical (unpaired) electrons. The van der Waals surface area contributed by atoms with Gasteiger partial charge in [-0.2, -0.15) is 0 Å². The number of hydrogen-bond donors (Lipinski definition) is 0. The number of carboxylic acid groups (broad SMARTS) is 1. The van der Waals surface area contributed by atoms with Crippen molar-refractivity contribution < 1.29 is 19.6 Å². The average molecular weight is 349 g/mol. The summed E-state index contributed by atoms with van der Waals surface area (Å²) >= 11 is 5.90. The molecule has 0 N–H and O–H groups in total. The Morgan fingerprint density at radius 2 is 2.09 bits per heavy atom. The van der Waals surface area contributed by atoms with Gasteiger partial charge in [-0.1, -0.05) is 42.2 Å². The highest BCUT2D eigenvalue weighted by molar-refractivity contribution is 8.26. The van der Waals surface area contributed by atoms with E-state index < -0.39 is 23.3 Å². The van der Waals surface area contributed by atoms with Crippen LogP contribution in [0.1, 0.15) is 5.56 Å². The summed E-state index contributed by atoms with van der Waals surface area (Å²) in [6.07, 6.45) is 4.41. The molecule has 1 amide bonds. The zero-order valence-electron chi connectivity index (χ0n) is 11.5. The highest BCUT2D eigenvalue weighted by Gasteiger charge is 2.31. The van der Waals surface area contributed by atoms with Crippen LogP contribution >= 0.6 is 24.0 Å². The number of benzene rings is 1. The monoisotopic (exact) mass is 349 g/mol. The van der Waals surface area contributed by atoms with E-state index in [-0.39, 0.29) is 14.9 Å². The maximum absolute atomic E-state index is 12.0. The maximum atomic E-state index is 12.0. The molecule has 2 rings (SSSR count). The Labute approximate surface area is 140 Å². The van der Waals surface area contributed by atoms with E-state index in [2.05, 4.69) is 0 Å². The largest absolute Gasteiger partial charge is 0.548 e. The standard InChI is InChI=1S/C14H10N2O5S2/c17-12(18)8-15-13(19)11(23-14(15)22)7-3-5-9-4-1-2-6-10(9)16(20)21/h1-7H,8H2,(H,17,18)/p-1/b5-3+,11-7+. The molecule has 1 heterocycles. The lowest BCUT2D eigenvalue weighted by Crippen LogP contribution is -2.40. The van der Waals surface area contributed by atoms with Crippen LogP contribution in [0.2, 0.25) is 0 Å². The third-order valence-electron chi connectivity index (χ3n) is 2.82. The second-order valence-electron chi connectivity index (χ2n) is 4.34. The first kappa shape index (κ1) is 16.8. The van der Waals surface area contributed by atoms with E-state index >= 15 is 0 Å². The number of carbonyl (C=O) groups is 2. The first-order chi connectivity index (χ1) is 10.9. The summed E-state index contributed by atoms with van der Waals surface area (Å²) in [6, 6.07) is 6.16. The number of thiocarbonyl (C=S) groups is 1. The van der Waals surface area contributed by atoms with Crippen molar-refractivity contribution in [2.24, 2.45) is 0 Å². The van der Waals surface area contributed by atoms with Crippen LogP contribution in [0.15, 0.2) is 41.3 Å². The molecule has 0 unspecified atom stereocenters. The number of nitrogens with zero attached hydrogens (tertiary/aromatic N) is 2. The van der Waals surface area contributed by atoms with Gasteiger partial charge in [0.05, 0.1) is 27.9 Å². The fraction of sp³-hybridized carbons (Fsp3) is 0.0714. The minimum atomic E-state index is -1.40. The van der Waals surface area contributed by atoms with E-state index in [1.807, 2.05) is 0 Å². The Balaban J connectivity index is 2.18. The van der Waals surface area contributed by atoms with Crippen molar-refractivity contribution in [2.45, 2.75) is 0 Å². The lowest BCUT2D eigenvalue weighted by molar-refractivity contribution is -0.385. The molecule has 0 atom stereocenters. The summed E-state index contributed by atoms with van der Waals surface area (Å²) in [7, 11) is 0. The van der Waals surface area contributed by atoms with Crippen molar-refractivity contribution >= 4 is 51.9 Å². The van der Waals surface area contributed by atoms with E-state index in [4.69, 9.17) is 12.2 Å². The van der Waals surface area contributed by atoms with Gasteiger partial charge in [-0.25, -0.2) is 0 Å². The van der Waals surface area contributed by atoms with E-state index in [9.17, 15) is 24.8 Å². The van der Waals surface area contributed by atoms with Gasteiger partial charge in [0.2, 0.25) is 0 Å². The predicted molar refractivity (Wildman–Crippen MR) is 87.1 cm³/mol. The predicted octanol–water partition coefficient (Wildman–Crippen LogP) is 1.10. The number of allylic oxidation sites excluding steroid dienone is 2. The first-order valence-corrected chi connectivity index (χ1v) is 7.48. The van der Waals surface area contributed by atoms with Crippen LogP contribution in [-0.2, 0) is 9.59 Å². The molecule has 23 heavy (non-hydrogen) atoms. The van der Waals surface area contributed by atoms with Crippen LogP contribution < -0.4 is 5.11 Å². The third-order valence-corrected chi connectivity index (χ3v) is 4.21. The smallest absolute Gasteiger partial charge is 0.276 e. The van der Waals surface area contributed by atoms with Gasteiger partial charge in [0.15, 0.2) is 0 Å². The molecule has 1 aliphatic rings. The van der Waals surface area contributed by atoms with Crippen molar-refractivity contribution in [1.29, 1.82) is 0 Å². The molecular formula is C14H9N2O5S2-. The highest BCUT2D eigenvalue weighted by Crippen LogP contribution is 2.30. The molecule has 1 aromatic rings. The van der Waals surface area contributed by atoms with E-state index in [1.165, 1.54) is 24.3 Å². The molecule has 0 aliphatic carbocycles. The molecular weight excluding hydrogens is 340 g/mol. The van der Waals surface area contributed by atoms with Gasteiger partial charge in [-0.3, -0.25) is 19.8 Å². The summed E-state index contributed by atoms with van der Waals surface area (Å²) < 4.78 is 0.129. The third kappa shape index (κ3) is 4.02. The molecule has 118 valence electrons. The van der Waals surface area contributed by atoms with Gasteiger partial charge in [0.25, 0.3) is 11.6 Å². The van der Waals surface area contributed by atoms with E-state index in [0.29, 0.717) is 5.56 Å². The van der Waals surface area contributed by atoms with Gasteiger partial charge in [0.1, 0.15) is 4.32 Å². The number of carboxylic acids is 1. The normalized spacial score (nSPS) is 16.5. The summed E-state index contributed by atoms with van der Waals surface area (Å²) in [5.41, 5.74) is 0.334. The summed E-state index contributed by atoms with van der Waals surface area (Å²) in [5.74, 6) is -1.94. The fourth-order valence-corrected chi connectivity index (χ4v) is 3.02. The molecule has 0 saturated carbocycles. The van der Waals surface area contributed by atoms with Crippen LogP contribution in [0, 0.1) is 10.1 Å². The van der Waals surface area contributed by atoms with Crippen molar-refractivity contribution in [3.05, 3.63) is 57.0 Å². The molecule has 0 bridgehead atoms. The summed E-state index contributed by atoms with van der Waals surface area (Å²) in [6.45, 7) is -0.601. The van der Waals surface area contributed by atoms with E-state index in [1.54, 1.807) is 18.2 Å². The molecule has 1 saturated heterocycles. The van der Waals surface area contributed by atoms with Crippen molar-refractivity contribution in [3.8, 4) is 0 Å². The molecule has 9 heteroatoms. The highest BCUT2D eigenvalue weighted by atomic mass is 32.2. The number of para-hydroxylation sites is 1. The lowest BCUT2D eigenvalue weighted by atomic mass is 10.1. The zero-order valence-corrected chi connectivity index (χ0v) is 13.1.